The minimum atomic E-state index is -4.55. The van der Waals surface area contributed by atoms with Crippen molar-refractivity contribution >= 4 is 22.3 Å². The second-order valence-corrected chi connectivity index (χ2v) is 6.07. The third-order valence-corrected chi connectivity index (χ3v) is 4.35. The number of benzene rings is 1. The van der Waals surface area contributed by atoms with E-state index in [0.29, 0.717) is 4.96 Å². The number of rotatable bonds is 3. The van der Waals surface area contributed by atoms with E-state index in [2.05, 4.69) is 4.98 Å². The number of carbonyl (C=O) groups excluding carboxylic acids is 1. The van der Waals surface area contributed by atoms with Crippen molar-refractivity contribution in [3.05, 3.63) is 68.6 Å². The van der Waals surface area contributed by atoms with Crippen molar-refractivity contribution in [3.63, 3.8) is 0 Å². The summed E-state index contributed by atoms with van der Waals surface area (Å²) in [5.74, 6) is -0.921. The molecule has 2 aromatic heterocycles. The van der Waals surface area contributed by atoms with Crippen molar-refractivity contribution in [2.45, 2.75) is 19.7 Å². The minimum absolute atomic E-state index is 0.223. The van der Waals surface area contributed by atoms with Crippen LogP contribution in [0.3, 0.4) is 0 Å². The molecule has 0 atom stereocenters. The maximum absolute atomic E-state index is 12.7. The highest BCUT2D eigenvalue weighted by molar-refractivity contribution is 7.15. The molecule has 9 heteroatoms. The Morgan fingerprint density at radius 2 is 2.08 bits per heavy atom. The van der Waals surface area contributed by atoms with E-state index in [-0.39, 0.29) is 23.4 Å². The van der Waals surface area contributed by atoms with Crippen LogP contribution in [0.15, 0.2) is 40.5 Å². The van der Waals surface area contributed by atoms with Crippen LogP contribution in [0.5, 0.6) is 0 Å². The lowest BCUT2D eigenvalue weighted by Crippen LogP contribution is -2.16. The topological polar surface area (TPSA) is 60.7 Å². The maximum Gasteiger partial charge on any atom is 0.416 e. The van der Waals surface area contributed by atoms with Gasteiger partial charge in [-0.2, -0.15) is 13.2 Å². The lowest BCUT2D eigenvalue weighted by atomic mass is 10.1. The van der Waals surface area contributed by atoms with E-state index in [9.17, 15) is 22.8 Å². The summed E-state index contributed by atoms with van der Waals surface area (Å²) in [6.07, 6.45) is -4.55. The maximum atomic E-state index is 12.7. The summed E-state index contributed by atoms with van der Waals surface area (Å²) in [5, 5.41) is 1.77. The lowest BCUT2D eigenvalue weighted by molar-refractivity contribution is -0.137. The van der Waals surface area contributed by atoms with Crippen LogP contribution in [-0.2, 0) is 17.5 Å². The fourth-order valence-electron chi connectivity index (χ4n) is 2.22. The Morgan fingerprint density at radius 1 is 1.32 bits per heavy atom. The van der Waals surface area contributed by atoms with Crippen LogP contribution >= 0.6 is 11.3 Å². The minimum Gasteiger partial charge on any atom is -0.456 e. The molecule has 0 bridgehead atoms. The van der Waals surface area contributed by atoms with Gasteiger partial charge in [0.15, 0.2) is 4.96 Å². The summed E-state index contributed by atoms with van der Waals surface area (Å²) in [6.45, 7) is 1.46. The molecule has 0 saturated heterocycles. The van der Waals surface area contributed by atoms with E-state index in [1.165, 1.54) is 27.9 Å². The standard InChI is InChI=1S/C16H11F3N2O3S/c1-9-8-25-15-20-12(6-13(22)21(9)15)7-24-14(23)10-3-2-4-11(5-10)16(17,18)19/h2-6,8H,7H2,1H3. The molecule has 25 heavy (non-hydrogen) atoms. The number of halogens is 3. The highest BCUT2D eigenvalue weighted by atomic mass is 32.1. The van der Waals surface area contributed by atoms with Crippen molar-refractivity contribution in [2.75, 3.05) is 0 Å². The van der Waals surface area contributed by atoms with E-state index in [1.54, 1.807) is 12.3 Å². The molecule has 0 aliphatic carbocycles. The summed E-state index contributed by atoms with van der Waals surface area (Å²) in [5.41, 5.74) is -0.501. The van der Waals surface area contributed by atoms with Crippen LogP contribution in [-0.4, -0.2) is 15.4 Å². The number of nitrogens with zero attached hydrogens (tertiary/aromatic N) is 2. The number of alkyl halides is 3. The van der Waals surface area contributed by atoms with Gasteiger partial charge in [0.2, 0.25) is 0 Å². The average molecular weight is 368 g/mol. The summed E-state index contributed by atoms with van der Waals surface area (Å²) < 4.78 is 44.4. The fourth-order valence-corrected chi connectivity index (χ4v) is 3.11. The lowest BCUT2D eigenvalue weighted by Gasteiger charge is -2.09. The number of hydrogen-bond donors (Lipinski definition) is 0. The van der Waals surface area contributed by atoms with E-state index in [4.69, 9.17) is 4.74 Å². The second-order valence-electron chi connectivity index (χ2n) is 5.24. The van der Waals surface area contributed by atoms with Gasteiger partial charge in [-0.1, -0.05) is 6.07 Å². The van der Waals surface area contributed by atoms with E-state index in [0.717, 1.165) is 23.9 Å². The first-order valence-corrected chi connectivity index (χ1v) is 7.95. The zero-order valence-corrected chi connectivity index (χ0v) is 13.6. The van der Waals surface area contributed by atoms with Crippen LogP contribution < -0.4 is 5.56 Å². The molecule has 3 rings (SSSR count). The smallest absolute Gasteiger partial charge is 0.416 e. The van der Waals surface area contributed by atoms with Gasteiger partial charge in [-0.05, 0) is 25.1 Å². The van der Waals surface area contributed by atoms with Crippen molar-refractivity contribution in [1.82, 2.24) is 9.38 Å². The van der Waals surface area contributed by atoms with E-state index in [1.807, 2.05) is 0 Å². The van der Waals surface area contributed by atoms with Crippen molar-refractivity contribution in [1.29, 1.82) is 0 Å². The third-order valence-electron chi connectivity index (χ3n) is 3.41. The van der Waals surface area contributed by atoms with Crippen LogP contribution in [0.2, 0.25) is 0 Å². The number of hydrogen-bond acceptors (Lipinski definition) is 5. The molecule has 130 valence electrons. The van der Waals surface area contributed by atoms with Crippen LogP contribution in [0.1, 0.15) is 27.3 Å². The van der Waals surface area contributed by atoms with Gasteiger partial charge in [0.25, 0.3) is 5.56 Å². The number of thiazole rings is 1. The number of aromatic nitrogens is 2. The van der Waals surface area contributed by atoms with Crippen LogP contribution in [0.25, 0.3) is 4.96 Å². The Bertz CT molecular complexity index is 1010. The Labute approximate surface area is 143 Å². The van der Waals surface area contributed by atoms with Gasteiger partial charge in [0.1, 0.15) is 6.61 Å². The van der Waals surface area contributed by atoms with Crippen LogP contribution in [0.4, 0.5) is 13.2 Å². The molecule has 0 fully saturated rings. The van der Waals surface area contributed by atoms with Gasteiger partial charge in [-0.3, -0.25) is 9.20 Å². The molecule has 3 aromatic rings. The molecule has 0 spiro atoms. The zero-order chi connectivity index (χ0) is 18.2. The van der Waals surface area contributed by atoms with E-state index >= 15 is 0 Å². The van der Waals surface area contributed by atoms with Gasteiger partial charge in [-0.25, -0.2) is 9.78 Å². The first-order chi connectivity index (χ1) is 11.8. The predicted molar refractivity (Wildman–Crippen MR) is 84.6 cm³/mol. The number of fused-ring (bicyclic) bond motifs is 1. The summed E-state index contributed by atoms with van der Waals surface area (Å²) in [4.78, 5) is 28.6. The molecule has 0 amide bonds. The first-order valence-electron chi connectivity index (χ1n) is 7.07. The van der Waals surface area contributed by atoms with Crippen molar-refractivity contribution < 1.29 is 22.7 Å². The molecule has 1 aromatic carbocycles. The molecule has 0 N–H and O–H groups in total. The monoisotopic (exact) mass is 368 g/mol. The Hall–Kier alpha value is -2.68. The molecular weight excluding hydrogens is 357 g/mol. The molecule has 2 heterocycles. The molecule has 0 unspecified atom stereocenters. The molecular formula is C16H11F3N2O3S. The van der Waals surface area contributed by atoms with Gasteiger partial charge in [0.05, 0.1) is 16.8 Å². The number of ether oxygens (including phenoxy) is 1. The summed E-state index contributed by atoms with van der Waals surface area (Å²) in [6, 6.07) is 5.17. The van der Waals surface area contributed by atoms with Crippen molar-refractivity contribution in [3.8, 4) is 0 Å². The Morgan fingerprint density at radius 3 is 2.80 bits per heavy atom. The van der Waals surface area contributed by atoms with E-state index < -0.39 is 17.7 Å². The highest BCUT2D eigenvalue weighted by Gasteiger charge is 2.31. The number of carbonyl (C=O) groups is 1. The third kappa shape index (κ3) is 3.55. The highest BCUT2D eigenvalue weighted by Crippen LogP contribution is 2.29. The van der Waals surface area contributed by atoms with Gasteiger partial charge < -0.3 is 4.74 Å². The Kier molecular flexibility index (Phi) is 4.34. The Balaban J connectivity index is 1.78. The van der Waals surface area contributed by atoms with Crippen molar-refractivity contribution in [2.24, 2.45) is 0 Å². The normalized spacial score (nSPS) is 11.7. The largest absolute Gasteiger partial charge is 0.456 e. The number of aryl methyl sites for hydroxylation is 1. The second kappa shape index (κ2) is 6.32. The molecule has 0 aliphatic heterocycles. The van der Waals surface area contributed by atoms with Gasteiger partial charge in [-0.15, -0.1) is 11.3 Å². The number of esters is 1. The summed E-state index contributed by atoms with van der Waals surface area (Å²) in [7, 11) is 0. The van der Waals surface area contributed by atoms with Gasteiger partial charge in [0, 0.05) is 17.1 Å². The predicted octanol–water partition coefficient (Wildman–Crippen LogP) is 3.44. The molecule has 5 nitrogen and oxygen atoms in total. The van der Waals surface area contributed by atoms with Gasteiger partial charge >= 0.3 is 12.1 Å². The molecule has 0 aliphatic rings. The SMILES string of the molecule is Cc1csc2nc(COC(=O)c3cccc(C(F)(F)F)c3)cc(=O)n12. The molecule has 0 radical (unpaired) electrons. The first kappa shape index (κ1) is 17.2. The average Bonchev–Trinajstić information content (AvgIpc) is 2.93. The fraction of sp³-hybridized carbons (Fsp3) is 0.188. The zero-order valence-electron chi connectivity index (χ0n) is 12.8. The molecule has 0 saturated carbocycles. The summed E-state index contributed by atoms with van der Waals surface area (Å²) >= 11 is 1.26. The van der Waals surface area contributed by atoms with Crippen LogP contribution in [0, 0.1) is 6.92 Å². The quantitative estimate of drug-likeness (QED) is 0.665.